The number of aromatic nitrogens is 1. The van der Waals surface area contributed by atoms with Crippen molar-refractivity contribution in [1.82, 2.24) is 0 Å². The van der Waals surface area contributed by atoms with Crippen LogP contribution >= 0.6 is 0 Å². The zero-order chi connectivity index (χ0) is 15.8. The van der Waals surface area contributed by atoms with E-state index >= 15 is 0 Å². The molecule has 0 amide bonds. The molecule has 1 N–H and O–H groups in total. The Kier molecular flexibility index (Phi) is 3.24. The van der Waals surface area contributed by atoms with Gasteiger partial charge >= 0.3 is 11.8 Å². The van der Waals surface area contributed by atoms with Crippen LogP contribution in [-0.2, 0) is 7.05 Å². The van der Waals surface area contributed by atoms with Crippen molar-refractivity contribution >= 4 is 22.9 Å². The summed E-state index contributed by atoms with van der Waals surface area (Å²) in [4.78, 5) is 1.15. The first kappa shape index (κ1) is 13.8. The molecule has 2 aromatic carbocycles. The predicted molar refractivity (Wildman–Crippen MR) is 88.1 cm³/mol. The van der Waals surface area contributed by atoms with Gasteiger partial charge in [-0.15, -0.1) is 0 Å². The Bertz CT molecular complexity index is 937. The molecular formula is C19H18N2O2+2. The summed E-state index contributed by atoms with van der Waals surface area (Å²) in [6, 6.07) is 16.1. The van der Waals surface area contributed by atoms with Crippen LogP contribution in [0.2, 0.25) is 0 Å². The fourth-order valence-electron chi connectivity index (χ4n) is 2.84. The zero-order valence-electron chi connectivity index (χ0n) is 13.1. The molecule has 0 radical (unpaired) electrons. The van der Waals surface area contributed by atoms with Gasteiger partial charge in [0.2, 0.25) is 5.58 Å². The standard InChI is InChI=1S/C19H17N2O2/c1-20-14-8-3-5-10-16(14)22-18(20)12-7-13-19-21(2)15-9-4-6-11-17(15)23-19/h3-13H,1-2H3/q+1/p+1. The lowest BCUT2D eigenvalue weighted by atomic mass is 10.3. The van der Waals surface area contributed by atoms with Crippen molar-refractivity contribution in [2.75, 3.05) is 7.05 Å². The van der Waals surface area contributed by atoms with Crippen LogP contribution in [0.15, 0.2) is 71.0 Å². The van der Waals surface area contributed by atoms with Gasteiger partial charge in [-0.2, -0.15) is 4.57 Å². The second-order valence-electron chi connectivity index (χ2n) is 5.58. The number of hydrogen-bond donors (Lipinski definition) is 1. The molecule has 23 heavy (non-hydrogen) atoms. The van der Waals surface area contributed by atoms with Gasteiger partial charge in [0.25, 0.3) is 5.52 Å². The third kappa shape index (κ3) is 2.33. The van der Waals surface area contributed by atoms with Gasteiger partial charge in [0.05, 0.1) is 13.1 Å². The largest absolute Gasteiger partial charge is 0.406 e. The minimum absolute atomic E-state index is 0.802. The van der Waals surface area contributed by atoms with E-state index < -0.39 is 0 Å². The van der Waals surface area contributed by atoms with E-state index in [0.717, 1.165) is 39.2 Å². The molecule has 0 saturated carbocycles. The van der Waals surface area contributed by atoms with Crippen LogP contribution in [0.25, 0.3) is 17.2 Å². The molecule has 4 heteroatoms. The maximum absolute atomic E-state index is 5.88. The van der Waals surface area contributed by atoms with Crippen molar-refractivity contribution in [2.45, 2.75) is 0 Å². The molecule has 1 aliphatic heterocycles. The van der Waals surface area contributed by atoms with Crippen LogP contribution in [-0.4, -0.2) is 7.05 Å². The molecule has 0 aliphatic carbocycles. The number of quaternary nitrogens is 1. The number of fused-ring (bicyclic) bond motifs is 2. The van der Waals surface area contributed by atoms with E-state index in [2.05, 4.69) is 13.1 Å². The van der Waals surface area contributed by atoms with Crippen LogP contribution < -0.4 is 14.2 Å². The molecule has 0 saturated heterocycles. The Morgan fingerprint density at radius 2 is 1.83 bits per heavy atom. The fourth-order valence-corrected chi connectivity index (χ4v) is 2.84. The van der Waals surface area contributed by atoms with E-state index in [1.807, 2.05) is 72.3 Å². The van der Waals surface area contributed by atoms with Gasteiger partial charge in [-0.3, -0.25) is 0 Å². The van der Waals surface area contributed by atoms with Gasteiger partial charge < -0.3 is 9.15 Å². The average molecular weight is 306 g/mol. The maximum Gasteiger partial charge on any atom is 0.373 e. The molecule has 1 aliphatic rings. The van der Waals surface area contributed by atoms with Gasteiger partial charge in [0.15, 0.2) is 11.4 Å². The summed E-state index contributed by atoms with van der Waals surface area (Å²) in [5.74, 6) is 2.59. The van der Waals surface area contributed by atoms with Crippen LogP contribution in [0.5, 0.6) is 5.75 Å². The summed E-state index contributed by atoms with van der Waals surface area (Å²) in [5, 5.41) is 0. The molecule has 1 unspecified atom stereocenters. The third-order valence-electron chi connectivity index (χ3n) is 4.14. The molecule has 0 bridgehead atoms. The van der Waals surface area contributed by atoms with E-state index in [0.29, 0.717) is 0 Å². The minimum Gasteiger partial charge on any atom is -0.406 e. The maximum atomic E-state index is 5.88. The molecule has 2 heterocycles. The summed E-state index contributed by atoms with van der Waals surface area (Å²) >= 11 is 0. The van der Waals surface area contributed by atoms with Crippen LogP contribution in [0.1, 0.15) is 5.89 Å². The molecule has 4 nitrogen and oxygen atoms in total. The summed E-state index contributed by atoms with van der Waals surface area (Å²) in [6.45, 7) is 0. The van der Waals surface area contributed by atoms with Crippen molar-refractivity contribution in [3.8, 4) is 5.75 Å². The highest BCUT2D eigenvalue weighted by molar-refractivity contribution is 5.69. The van der Waals surface area contributed by atoms with Crippen LogP contribution in [0.3, 0.4) is 0 Å². The summed E-state index contributed by atoms with van der Waals surface area (Å²) in [6.07, 6.45) is 5.89. The molecule has 1 aromatic heterocycles. The quantitative estimate of drug-likeness (QED) is 0.737. The Morgan fingerprint density at radius 3 is 2.65 bits per heavy atom. The number of aryl methyl sites for hydroxylation is 1. The lowest BCUT2D eigenvalue weighted by Crippen LogP contribution is -3.00. The molecule has 1 atom stereocenters. The number of ether oxygens (including phenoxy) is 1. The minimum atomic E-state index is 0.802. The molecule has 114 valence electrons. The highest BCUT2D eigenvalue weighted by atomic mass is 16.5. The highest BCUT2D eigenvalue weighted by Gasteiger charge is 2.27. The Balaban J connectivity index is 1.61. The SMILES string of the molecule is C[n+]1c(/C=C/C=C2\Oc3ccccc3[NH+]2C)oc2ccccc21. The Hall–Kier alpha value is -2.85. The molecule has 4 rings (SSSR count). The number of allylic oxidation sites excluding steroid dienone is 2. The smallest absolute Gasteiger partial charge is 0.373 e. The molecular weight excluding hydrogens is 288 g/mol. The van der Waals surface area contributed by atoms with Crippen molar-refractivity contribution in [3.63, 3.8) is 0 Å². The topological polar surface area (TPSA) is 30.7 Å². The number of oxazole rings is 1. The first-order chi connectivity index (χ1) is 11.2. The van der Waals surface area contributed by atoms with Gasteiger partial charge in [0, 0.05) is 18.2 Å². The van der Waals surface area contributed by atoms with Crippen molar-refractivity contribution in [1.29, 1.82) is 0 Å². The molecule has 0 fully saturated rings. The fraction of sp³-hybridized carbons (Fsp3) is 0.105. The number of para-hydroxylation sites is 4. The summed E-state index contributed by atoms with van der Waals surface area (Å²) in [7, 11) is 4.07. The average Bonchev–Trinajstić information content (AvgIpc) is 3.07. The van der Waals surface area contributed by atoms with Crippen LogP contribution in [0.4, 0.5) is 5.69 Å². The van der Waals surface area contributed by atoms with E-state index in [1.165, 1.54) is 0 Å². The lowest BCUT2D eigenvalue weighted by molar-refractivity contribution is -0.772. The van der Waals surface area contributed by atoms with E-state index in [-0.39, 0.29) is 0 Å². The van der Waals surface area contributed by atoms with Gasteiger partial charge in [-0.05, 0) is 18.2 Å². The van der Waals surface area contributed by atoms with Crippen molar-refractivity contribution < 1.29 is 18.6 Å². The first-order valence-electron chi connectivity index (χ1n) is 7.61. The molecule has 0 spiro atoms. The Labute approximate surface area is 134 Å². The van der Waals surface area contributed by atoms with E-state index in [4.69, 9.17) is 9.15 Å². The van der Waals surface area contributed by atoms with E-state index in [1.54, 1.807) is 0 Å². The second kappa shape index (κ2) is 5.41. The number of rotatable bonds is 2. The summed E-state index contributed by atoms with van der Waals surface area (Å²) < 4.78 is 13.8. The number of nitrogens with zero attached hydrogens (tertiary/aromatic N) is 1. The van der Waals surface area contributed by atoms with Crippen molar-refractivity contribution in [2.24, 2.45) is 7.05 Å². The van der Waals surface area contributed by atoms with E-state index in [9.17, 15) is 0 Å². The van der Waals surface area contributed by atoms with Gasteiger partial charge in [0.1, 0.15) is 7.05 Å². The predicted octanol–water partition coefficient (Wildman–Crippen LogP) is 2.35. The zero-order valence-corrected chi connectivity index (χ0v) is 13.1. The van der Waals surface area contributed by atoms with Gasteiger partial charge in [-0.25, -0.2) is 4.90 Å². The third-order valence-corrected chi connectivity index (χ3v) is 4.14. The number of hydrogen-bond acceptors (Lipinski definition) is 2. The number of nitrogens with one attached hydrogen (secondary N) is 1. The first-order valence-corrected chi connectivity index (χ1v) is 7.61. The summed E-state index contributed by atoms with van der Waals surface area (Å²) in [5.41, 5.74) is 3.11. The lowest BCUT2D eigenvalue weighted by Gasteiger charge is -2.02. The van der Waals surface area contributed by atoms with Crippen LogP contribution in [0, 0.1) is 0 Å². The molecule has 3 aromatic rings. The number of benzene rings is 2. The monoisotopic (exact) mass is 306 g/mol. The van der Waals surface area contributed by atoms with Gasteiger partial charge in [-0.1, -0.05) is 24.3 Å². The van der Waals surface area contributed by atoms with Crippen molar-refractivity contribution in [3.05, 3.63) is 72.5 Å². The Morgan fingerprint density at radius 1 is 1.04 bits per heavy atom. The highest BCUT2D eigenvalue weighted by Crippen LogP contribution is 2.26. The second-order valence-corrected chi connectivity index (χ2v) is 5.58. The normalized spacial score (nSPS) is 18.7.